The summed E-state index contributed by atoms with van der Waals surface area (Å²) in [5, 5.41) is 3.09. The third-order valence-corrected chi connectivity index (χ3v) is 5.38. The average Bonchev–Trinajstić information content (AvgIpc) is 3.03. The summed E-state index contributed by atoms with van der Waals surface area (Å²) in [5.41, 5.74) is 4.56. The number of aryl methyl sites for hydroxylation is 2. The summed E-state index contributed by atoms with van der Waals surface area (Å²) >= 11 is 0. The van der Waals surface area contributed by atoms with Crippen molar-refractivity contribution in [2.75, 3.05) is 6.54 Å². The van der Waals surface area contributed by atoms with Crippen LogP contribution in [0, 0.1) is 19.8 Å². The number of carbonyl (C=O) groups excluding carboxylic acids is 2. The van der Waals surface area contributed by atoms with Gasteiger partial charge in [-0.25, -0.2) is 0 Å². The summed E-state index contributed by atoms with van der Waals surface area (Å²) in [7, 11) is 0. The standard InChI is InChI=1S/C23H28N2O2/c1-15-10-16(2)12-20(11-15)17(3)24-23(27)21-13-22(26)25(14-21)18(4)19-8-6-5-7-9-19/h5-12,17-18,21H,13-14H2,1-4H3,(H,24,27). The highest BCUT2D eigenvalue weighted by Gasteiger charge is 2.37. The Morgan fingerprint density at radius 3 is 2.30 bits per heavy atom. The number of nitrogens with one attached hydrogen (secondary N) is 1. The van der Waals surface area contributed by atoms with Crippen LogP contribution in [0.3, 0.4) is 0 Å². The molecule has 0 bridgehead atoms. The Morgan fingerprint density at radius 2 is 1.67 bits per heavy atom. The molecule has 0 radical (unpaired) electrons. The molecule has 2 aromatic carbocycles. The highest BCUT2D eigenvalue weighted by molar-refractivity contribution is 5.89. The van der Waals surface area contributed by atoms with Crippen LogP contribution in [0.4, 0.5) is 0 Å². The van der Waals surface area contributed by atoms with Crippen LogP contribution < -0.4 is 5.32 Å². The minimum Gasteiger partial charge on any atom is -0.349 e. The molecule has 2 amide bonds. The van der Waals surface area contributed by atoms with Crippen molar-refractivity contribution in [2.45, 2.75) is 46.2 Å². The molecule has 0 aliphatic carbocycles. The lowest BCUT2D eigenvalue weighted by Crippen LogP contribution is -2.35. The van der Waals surface area contributed by atoms with Crippen LogP contribution in [-0.2, 0) is 9.59 Å². The fraction of sp³-hybridized carbons (Fsp3) is 0.391. The van der Waals surface area contributed by atoms with Crippen LogP contribution in [-0.4, -0.2) is 23.3 Å². The fourth-order valence-corrected chi connectivity index (χ4v) is 3.87. The van der Waals surface area contributed by atoms with E-state index in [2.05, 4.69) is 37.4 Å². The third kappa shape index (κ3) is 4.38. The second-order valence-electron chi connectivity index (χ2n) is 7.69. The molecule has 1 aliphatic heterocycles. The molecule has 1 aliphatic rings. The van der Waals surface area contributed by atoms with E-state index in [0.29, 0.717) is 6.54 Å². The van der Waals surface area contributed by atoms with Gasteiger partial charge in [-0.1, -0.05) is 59.7 Å². The summed E-state index contributed by atoms with van der Waals surface area (Å²) < 4.78 is 0. The molecule has 2 aromatic rings. The fourth-order valence-electron chi connectivity index (χ4n) is 3.87. The molecule has 0 aromatic heterocycles. The van der Waals surface area contributed by atoms with Crippen LogP contribution in [0.25, 0.3) is 0 Å². The molecule has 4 heteroatoms. The first-order valence-corrected chi connectivity index (χ1v) is 9.58. The predicted molar refractivity (Wildman–Crippen MR) is 107 cm³/mol. The molecule has 3 rings (SSSR count). The number of hydrogen-bond donors (Lipinski definition) is 1. The zero-order chi connectivity index (χ0) is 19.6. The van der Waals surface area contributed by atoms with Gasteiger partial charge in [0.2, 0.25) is 11.8 Å². The number of nitrogens with zero attached hydrogens (tertiary/aromatic N) is 1. The summed E-state index contributed by atoms with van der Waals surface area (Å²) in [6.07, 6.45) is 0.280. The van der Waals surface area contributed by atoms with Crippen molar-refractivity contribution in [3.05, 3.63) is 70.8 Å². The van der Waals surface area contributed by atoms with E-state index in [1.54, 1.807) is 0 Å². The molecule has 0 saturated carbocycles. The molecule has 1 heterocycles. The quantitative estimate of drug-likeness (QED) is 0.869. The van der Waals surface area contributed by atoms with Gasteiger partial charge in [-0.05, 0) is 38.8 Å². The second-order valence-corrected chi connectivity index (χ2v) is 7.69. The molecular weight excluding hydrogens is 336 g/mol. The van der Waals surface area contributed by atoms with Crippen LogP contribution in [0.2, 0.25) is 0 Å². The van der Waals surface area contributed by atoms with Gasteiger partial charge in [0, 0.05) is 13.0 Å². The monoisotopic (exact) mass is 364 g/mol. The summed E-state index contributed by atoms with van der Waals surface area (Å²) in [6.45, 7) is 8.60. The summed E-state index contributed by atoms with van der Waals surface area (Å²) in [6, 6.07) is 16.2. The van der Waals surface area contributed by atoms with Crippen molar-refractivity contribution in [1.82, 2.24) is 10.2 Å². The van der Waals surface area contributed by atoms with Crippen molar-refractivity contribution in [1.29, 1.82) is 0 Å². The van der Waals surface area contributed by atoms with E-state index in [1.165, 1.54) is 11.1 Å². The van der Waals surface area contributed by atoms with Crippen molar-refractivity contribution < 1.29 is 9.59 Å². The van der Waals surface area contributed by atoms with Gasteiger partial charge in [-0.2, -0.15) is 0 Å². The SMILES string of the molecule is Cc1cc(C)cc(C(C)NC(=O)C2CC(=O)N(C(C)c3ccccc3)C2)c1. The Balaban J connectivity index is 1.65. The summed E-state index contributed by atoms with van der Waals surface area (Å²) in [4.78, 5) is 27.1. The molecule has 1 fully saturated rings. The predicted octanol–water partition coefficient (Wildman–Crippen LogP) is 4.09. The van der Waals surface area contributed by atoms with Crippen molar-refractivity contribution >= 4 is 11.8 Å². The Bertz CT molecular complexity index is 811. The second kappa shape index (κ2) is 7.95. The first-order chi connectivity index (χ1) is 12.8. The van der Waals surface area contributed by atoms with Crippen molar-refractivity contribution in [2.24, 2.45) is 5.92 Å². The minimum atomic E-state index is -0.294. The van der Waals surface area contributed by atoms with E-state index in [0.717, 1.165) is 11.1 Å². The van der Waals surface area contributed by atoms with Gasteiger partial charge in [-0.15, -0.1) is 0 Å². The first kappa shape index (κ1) is 19.2. The smallest absolute Gasteiger partial charge is 0.225 e. The molecular formula is C23H28N2O2. The molecule has 1 N–H and O–H groups in total. The van der Waals surface area contributed by atoms with E-state index in [-0.39, 0.29) is 36.2 Å². The van der Waals surface area contributed by atoms with E-state index < -0.39 is 0 Å². The van der Waals surface area contributed by atoms with Gasteiger partial charge in [0.15, 0.2) is 0 Å². The number of likely N-dealkylation sites (tertiary alicyclic amines) is 1. The average molecular weight is 364 g/mol. The van der Waals surface area contributed by atoms with Gasteiger partial charge in [-0.3, -0.25) is 9.59 Å². The maximum absolute atomic E-state index is 12.8. The van der Waals surface area contributed by atoms with Gasteiger partial charge in [0.1, 0.15) is 0 Å². The number of hydrogen-bond acceptors (Lipinski definition) is 2. The molecule has 3 unspecified atom stereocenters. The highest BCUT2D eigenvalue weighted by atomic mass is 16.2. The lowest BCUT2D eigenvalue weighted by atomic mass is 10.0. The molecule has 0 spiro atoms. The topological polar surface area (TPSA) is 49.4 Å². The molecule has 27 heavy (non-hydrogen) atoms. The van der Waals surface area contributed by atoms with Gasteiger partial charge < -0.3 is 10.2 Å². The molecule has 3 atom stereocenters. The Labute approximate surface area is 161 Å². The number of rotatable bonds is 5. The number of amides is 2. The Morgan fingerprint density at radius 1 is 1.04 bits per heavy atom. The van der Waals surface area contributed by atoms with E-state index in [1.807, 2.05) is 49.1 Å². The van der Waals surface area contributed by atoms with Crippen LogP contribution in [0.1, 0.15) is 54.6 Å². The maximum Gasteiger partial charge on any atom is 0.225 e. The van der Waals surface area contributed by atoms with Crippen LogP contribution >= 0.6 is 0 Å². The van der Waals surface area contributed by atoms with E-state index in [4.69, 9.17) is 0 Å². The zero-order valence-electron chi connectivity index (χ0n) is 16.5. The summed E-state index contributed by atoms with van der Waals surface area (Å²) in [5.74, 6) is -0.291. The van der Waals surface area contributed by atoms with Gasteiger partial charge in [0.25, 0.3) is 0 Å². The Kier molecular flexibility index (Phi) is 5.64. The lowest BCUT2D eigenvalue weighted by molar-refractivity contribution is -0.130. The third-order valence-electron chi connectivity index (χ3n) is 5.38. The maximum atomic E-state index is 12.8. The molecule has 142 valence electrons. The normalized spacial score (nSPS) is 19.0. The van der Waals surface area contributed by atoms with E-state index >= 15 is 0 Å². The largest absolute Gasteiger partial charge is 0.349 e. The first-order valence-electron chi connectivity index (χ1n) is 9.58. The zero-order valence-corrected chi connectivity index (χ0v) is 16.5. The highest BCUT2D eigenvalue weighted by Crippen LogP contribution is 2.29. The van der Waals surface area contributed by atoms with Crippen molar-refractivity contribution in [3.8, 4) is 0 Å². The van der Waals surface area contributed by atoms with Crippen molar-refractivity contribution in [3.63, 3.8) is 0 Å². The van der Waals surface area contributed by atoms with Crippen LogP contribution in [0.15, 0.2) is 48.5 Å². The molecule has 1 saturated heterocycles. The lowest BCUT2D eigenvalue weighted by Gasteiger charge is -2.25. The Hall–Kier alpha value is -2.62. The van der Waals surface area contributed by atoms with Crippen LogP contribution in [0.5, 0.6) is 0 Å². The number of carbonyl (C=O) groups is 2. The van der Waals surface area contributed by atoms with Gasteiger partial charge >= 0.3 is 0 Å². The van der Waals surface area contributed by atoms with E-state index in [9.17, 15) is 9.59 Å². The molecule has 4 nitrogen and oxygen atoms in total. The number of benzene rings is 2. The van der Waals surface area contributed by atoms with Gasteiger partial charge in [0.05, 0.1) is 18.0 Å². The minimum absolute atomic E-state index is 0.0201.